The summed E-state index contributed by atoms with van der Waals surface area (Å²) < 4.78 is 79.0. The molecule has 1 aromatic carbocycles. The molecule has 212 valence electrons. The number of hydrogen-bond donors (Lipinski definition) is 1. The highest BCUT2D eigenvalue weighted by Gasteiger charge is 2.34. The molecule has 0 spiro atoms. The van der Waals surface area contributed by atoms with Gasteiger partial charge in [0, 0.05) is 37.7 Å². The molecule has 9 heteroatoms. The van der Waals surface area contributed by atoms with E-state index in [1.165, 1.54) is 12.5 Å². The van der Waals surface area contributed by atoms with Crippen molar-refractivity contribution in [3.63, 3.8) is 0 Å². The highest BCUT2D eigenvalue weighted by Crippen LogP contribution is 2.39. The van der Waals surface area contributed by atoms with Crippen LogP contribution in [0.4, 0.5) is 13.2 Å². The lowest BCUT2D eigenvalue weighted by Crippen LogP contribution is -2.32. The van der Waals surface area contributed by atoms with Crippen LogP contribution in [0, 0.1) is 18.8 Å². The molecule has 4 rings (SSSR count). The van der Waals surface area contributed by atoms with Gasteiger partial charge in [-0.3, -0.25) is 0 Å². The lowest BCUT2D eigenvalue weighted by atomic mass is 9.84. The van der Waals surface area contributed by atoms with Gasteiger partial charge >= 0.3 is 6.18 Å². The number of hydrogen-bond acceptors (Lipinski definition) is 3. The number of alkyl halides is 3. The minimum absolute atomic E-state index is 0.144. The van der Waals surface area contributed by atoms with E-state index in [4.69, 9.17) is 4.74 Å². The average Bonchev–Trinajstić information content (AvgIpc) is 3.19. The van der Waals surface area contributed by atoms with Gasteiger partial charge in [0.1, 0.15) is 4.90 Å². The smallest absolute Gasteiger partial charge is 0.381 e. The van der Waals surface area contributed by atoms with E-state index in [-0.39, 0.29) is 10.8 Å². The molecule has 2 heterocycles. The predicted octanol–water partition coefficient (Wildman–Crippen LogP) is 7.07. The van der Waals surface area contributed by atoms with Crippen molar-refractivity contribution in [3.05, 3.63) is 41.1 Å². The van der Waals surface area contributed by atoms with E-state index in [9.17, 15) is 21.6 Å². The molecule has 38 heavy (non-hydrogen) atoms. The van der Waals surface area contributed by atoms with Gasteiger partial charge in [-0.25, -0.2) is 13.1 Å². The van der Waals surface area contributed by atoms with Gasteiger partial charge in [0.25, 0.3) is 0 Å². The van der Waals surface area contributed by atoms with Gasteiger partial charge in [-0.1, -0.05) is 40.0 Å². The first-order chi connectivity index (χ1) is 17.8. The molecule has 1 aliphatic heterocycles. The largest absolute Gasteiger partial charge is 0.416 e. The van der Waals surface area contributed by atoms with Crippen LogP contribution in [-0.4, -0.2) is 32.7 Å². The maximum Gasteiger partial charge on any atom is 0.416 e. The summed E-state index contributed by atoms with van der Waals surface area (Å²) in [5.41, 5.74) is 0.828. The van der Waals surface area contributed by atoms with Crippen LogP contribution in [0.2, 0.25) is 0 Å². The van der Waals surface area contributed by atoms with Gasteiger partial charge in [0.15, 0.2) is 0 Å². The van der Waals surface area contributed by atoms with E-state index in [0.717, 1.165) is 44.6 Å². The Hall–Kier alpha value is -1.84. The maximum absolute atomic E-state index is 14.0. The molecule has 1 saturated carbocycles. The van der Waals surface area contributed by atoms with Crippen LogP contribution in [-0.2, 0) is 32.9 Å². The molecular formula is C29H41F3N2O3S. The Morgan fingerprint density at radius 3 is 2.16 bits per heavy atom. The number of ether oxygens (including phenoxy) is 1. The SMILES string of the molecule is Cc1c(S(=O)(=O)NCC2CCOCC2)cc(-c2cc(C(C)(C)C)cc(C(F)(F)F)c2)n1CC1CCCCC1. The third-order valence-corrected chi connectivity index (χ3v) is 9.64. The Morgan fingerprint density at radius 1 is 0.921 bits per heavy atom. The second kappa shape index (κ2) is 11.3. The van der Waals surface area contributed by atoms with E-state index < -0.39 is 27.2 Å². The zero-order valence-electron chi connectivity index (χ0n) is 23.0. The number of nitrogens with zero attached hydrogens (tertiary/aromatic N) is 1. The molecule has 0 radical (unpaired) electrons. The minimum Gasteiger partial charge on any atom is -0.381 e. The highest BCUT2D eigenvalue weighted by molar-refractivity contribution is 7.89. The van der Waals surface area contributed by atoms with Crippen LogP contribution in [0.3, 0.4) is 0 Å². The molecule has 0 atom stereocenters. The summed E-state index contributed by atoms with van der Waals surface area (Å²) >= 11 is 0. The molecule has 1 aromatic heterocycles. The van der Waals surface area contributed by atoms with Gasteiger partial charge in [0.05, 0.1) is 5.56 Å². The summed E-state index contributed by atoms with van der Waals surface area (Å²) in [5.74, 6) is 0.577. The summed E-state index contributed by atoms with van der Waals surface area (Å²) in [4.78, 5) is 0.144. The minimum atomic E-state index is -4.51. The summed E-state index contributed by atoms with van der Waals surface area (Å²) in [6.07, 6.45) is 2.60. The Kier molecular flexibility index (Phi) is 8.70. The Bertz CT molecular complexity index is 1180. The molecule has 0 amide bonds. The van der Waals surface area contributed by atoms with Gasteiger partial charge in [-0.05, 0) is 85.3 Å². The second-order valence-corrected chi connectivity index (χ2v) is 13.8. The fourth-order valence-electron chi connectivity index (χ4n) is 5.62. The van der Waals surface area contributed by atoms with Crippen molar-refractivity contribution < 1.29 is 26.3 Å². The highest BCUT2D eigenvalue weighted by atomic mass is 32.2. The topological polar surface area (TPSA) is 60.3 Å². The second-order valence-electron chi connectivity index (χ2n) is 12.0. The van der Waals surface area contributed by atoms with Crippen molar-refractivity contribution in [2.24, 2.45) is 11.8 Å². The van der Waals surface area contributed by atoms with E-state index in [1.54, 1.807) is 19.1 Å². The van der Waals surface area contributed by atoms with Crippen molar-refractivity contribution in [2.45, 2.75) is 95.7 Å². The van der Waals surface area contributed by atoms with Crippen molar-refractivity contribution in [1.29, 1.82) is 0 Å². The summed E-state index contributed by atoms with van der Waals surface area (Å²) in [5, 5.41) is 0. The monoisotopic (exact) mass is 554 g/mol. The van der Waals surface area contributed by atoms with Crippen molar-refractivity contribution in [2.75, 3.05) is 19.8 Å². The van der Waals surface area contributed by atoms with Crippen LogP contribution < -0.4 is 4.72 Å². The van der Waals surface area contributed by atoms with Crippen LogP contribution in [0.25, 0.3) is 11.3 Å². The first-order valence-corrected chi connectivity index (χ1v) is 15.2. The van der Waals surface area contributed by atoms with E-state index in [1.807, 2.05) is 25.3 Å². The van der Waals surface area contributed by atoms with Crippen LogP contribution in [0.5, 0.6) is 0 Å². The number of sulfonamides is 1. The summed E-state index contributed by atoms with van der Waals surface area (Å²) in [6, 6.07) is 5.73. The Balaban J connectivity index is 1.79. The molecule has 1 aliphatic carbocycles. The van der Waals surface area contributed by atoms with E-state index in [0.29, 0.717) is 54.7 Å². The lowest BCUT2D eigenvalue weighted by molar-refractivity contribution is -0.137. The summed E-state index contributed by atoms with van der Waals surface area (Å²) in [6.45, 7) is 9.59. The third kappa shape index (κ3) is 6.83. The normalized spacial score (nSPS) is 18.7. The zero-order valence-corrected chi connectivity index (χ0v) is 23.8. The molecule has 2 aliphatic rings. The van der Waals surface area contributed by atoms with Crippen molar-refractivity contribution in [1.82, 2.24) is 9.29 Å². The molecule has 2 fully saturated rings. The van der Waals surface area contributed by atoms with Crippen molar-refractivity contribution >= 4 is 10.0 Å². The first-order valence-electron chi connectivity index (χ1n) is 13.8. The van der Waals surface area contributed by atoms with Crippen LogP contribution in [0.1, 0.15) is 82.5 Å². The number of rotatable bonds is 7. The molecule has 0 bridgehead atoms. The quantitative estimate of drug-likeness (QED) is 0.398. The standard InChI is InChI=1S/C29H41F3N2O3S/c1-20-27(38(35,36)33-18-21-10-12-37-13-11-21)17-26(34(20)19-22-8-6-5-7-9-22)23-14-24(28(2,3)4)16-25(15-23)29(30,31)32/h14-17,21-22,33H,5-13,18-19H2,1-4H3. The van der Waals surface area contributed by atoms with Crippen molar-refractivity contribution in [3.8, 4) is 11.3 Å². The van der Waals surface area contributed by atoms with Gasteiger partial charge < -0.3 is 9.30 Å². The molecular weight excluding hydrogens is 513 g/mol. The number of aromatic nitrogens is 1. The summed E-state index contributed by atoms with van der Waals surface area (Å²) in [7, 11) is -3.85. The zero-order chi connectivity index (χ0) is 27.7. The molecule has 1 N–H and O–H groups in total. The number of halogens is 3. The first kappa shape index (κ1) is 29.2. The Labute approximate surface area is 225 Å². The fourth-order valence-corrected chi connectivity index (χ4v) is 7.00. The maximum atomic E-state index is 14.0. The average molecular weight is 555 g/mol. The molecule has 1 saturated heterocycles. The van der Waals surface area contributed by atoms with Gasteiger partial charge in [-0.15, -0.1) is 0 Å². The Morgan fingerprint density at radius 2 is 1.55 bits per heavy atom. The number of nitrogens with one attached hydrogen (secondary N) is 1. The fraction of sp³-hybridized carbons (Fsp3) is 0.655. The predicted molar refractivity (Wildman–Crippen MR) is 144 cm³/mol. The third-order valence-electron chi connectivity index (χ3n) is 8.10. The molecule has 2 aromatic rings. The van der Waals surface area contributed by atoms with Crippen LogP contribution in [0.15, 0.2) is 29.2 Å². The van der Waals surface area contributed by atoms with E-state index >= 15 is 0 Å². The van der Waals surface area contributed by atoms with Gasteiger partial charge in [0.2, 0.25) is 10.0 Å². The van der Waals surface area contributed by atoms with E-state index in [2.05, 4.69) is 4.72 Å². The van der Waals surface area contributed by atoms with Gasteiger partial charge in [-0.2, -0.15) is 13.2 Å². The lowest BCUT2D eigenvalue weighted by Gasteiger charge is -2.25. The number of benzene rings is 1. The molecule has 0 unspecified atom stereocenters. The molecule has 5 nitrogen and oxygen atoms in total. The van der Waals surface area contributed by atoms with Crippen LogP contribution >= 0.6 is 0 Å².